The van der Waals surface area contributed by atoms with Crippen molar-refractivity contribution in [2.24, 2.45) is 0 Å². The number of halogens is 3. The van der Waals surface area contributed by atoms with Crippen LogP contribution >= 0.6 is 0 Å². The summed E-state index contributed by atoms with van der Waals surface area (Å²) in [6, 6.07) is 8.65. The molecule has 202 valence electrons. The number of sulfone groups is 1. The van der Waals surface area contributed by atoms with Crippen LogP contribution in [-0.2, 0) is 14.6 Å². The number of benzene rings is 2. The van der Waals surface area contributed by atoms with Crippen molar-refractivity contribution >= 4 is 27.5 Å². The quantitative estimate of drug-likeness (QED) is 0.429. The standard InChI is InChI=1S/C24H25F3N6O4S/c1-14-13-37-10-9-33(14)23-31-21(15-3-6-17(7-4-15)29-24(34)28-12-20(26)27)30-22(32-23)18-11-16(25)5-8-19(18)38(2,35)36/h3-8,11,14,20H,9-10,12-13H2,1-2H3,(H2,28,29,34). The van der Waals surface area contributed by atoms with Crippen molar-refractivity contribution in [2.45, 2.75) is 24.3 Å². The largest absolute Gasteiger partial charge is 0.377 e. The number of carbonyl (C=O) groups excluding carboxylic acids is 1. The zero-order valence-electron chi connectivity index (χ0n) is 20.5. The third-order valence-electron chi connectivity index (χ3n) is 5.65. The van der Waals surface area contributed by atoms with Gasteiger partial charge in [0.15, 0.2) is 21.5 Å². The number of ether oxygens (including phenoxy) is 1. The Morgan fingerprint density at radius 2 is 1.84 bits per heavy atom. The first-order valence-electron chi connectivity index (χ1n) is 11.5. The number of nitrogens with one attached hydrogen (secondary N) is 2. The van der Waals surface area contributed by atoms with Crippen molar-refractivity contribution in [3.63, 3.8) is 0 Å². The molecular formula is C24H25F3N6O4S. The monoisotopic (exact) mass is 550 g/mol. The third-order valence-corrected chi connectivity index (χ3v) is 6.80. The van der Waals surface area contributed by atoms with Crippen molar-refractivity contribution in [1.29, 1.82) is 0 Å². The molecule has 1 aliphatic heterocycles. The minimum Gasteiger partial charge on any atom is -0.377 e. The van der Waals surface area contributed by atoms with E-state index in [4.69, 9.17) is 4.74 Å². The third kappa shape index (κ3) is 6.55. The van der Waals surface area contributed by atoms with Gasteiger partial charge in [-0.25, -0.2) is 31.4 Å². The van der Waals surface area contributed by atoms with Gasteiger partial charge in [0.2, 0.25) is 5.95 Å². The van der Waals surface area contributed by atoms with Crippen molar-refractivity contribution in [2.75, 3.05) is 42.8 Å². The lowest BCUT2D eigenvalue weighted by Crippen LogP contribution is -2.44. The molecule has 2 heterocycles. The zero-order chi connectivity index (χ0) is 27.4. The molecule has 10 nitrogen and oxygen atoms in total. The van der Waals surface area contributed by atoms with E-state index in [0.717, 1.165) is 18.4 Å². The van der Waals surface area contributed by atoms with Gasteiger partial charge >= 0.3 is 6.03 Å². The maximum atomic E-state index is 14.2. The number of urea groups is 1. The molecule has 2 aromatic carbocycles. The molecule has 1 atom stereocenters. The molecule has 2 N–H and O–H groups in total. The molecule has 1 aromatic heterocycles. The first-order valence-corrected chi connectivity index (χ1v) is 13.4. The fourth-order valence-electron chi connectivity index (χ4n) is 3.82. The fourth-order valence-corrected chi connectivity index (χ4v) is 4.68. The van der Waals surface area contributed by atoms with Crippen LogP contribution in [0.15, 0.2) is 47.4 Å². The molecule has 14 heteroatoms. The molecule has 0 aliphatic carbocycles. The zero-order valence-corrected chi connectivity index (χ0v) is 21.3. The Morgan fingerprint density at radius 1 is 1.13 bits per heavy atom. The molecule has 1 aliphatic rings. The number of anilines is 2. The van der Waals surface area contributed by atoms with Gasteiger partial charge in [-0.15, -0.1) is 0 Å². The van der Waals surface area contributed by atoms with Crippen LogP contribution in [0.25, 0.3) is 22.8 Å². The smallest absolute Gasteiger partial charge is 0.319 e. The summed E-state index contributed by atoms with van der Waals surface area (Å²) in [6.07, 6.45) is -1.66. The van der Waals surface area contributed by atoms with Crippen LogP contribution in [0.4, 0.5) is 29.6 Å². The minimum absolute atomic E-state index is 0.00713. The number of amides is 2. The maximum absolute atomic E-state index is 14.2. The second-order valence-corrected chi connectivity index (χ2v) is 10.6. The average Bonchev–Trinajstić information content (AvgIpc) is 2.87. The Hall–Kier alpha value is -3.78. The number of morpholine rings is 1. The van der Waals surface area contributed by atoms with E-state index < -0.39 is 34.7 Å². The van der Waals surface area contributed by atoms with E-state index in [0.29, 0.717) is 31.0 Å². The number of nitrogens with zero attached hydrogens (tertiary/aromatic N) is 4. The molecule has 3 aromatic rings. The van der Waals surface area contributed by atoms with E-state index in [1.165, 1.54) is 18.2 Å². The van der Waals surface area contributed by atoms with E-state index in [9.17, 15) is 26.4 Å². The summed E-state index contributed by atoms with van der Waals surface area (Å²) in [5, 5.41) is 4.49. The van der Waals surface area contributed by atoms with Gasteiger partial charge in [-0.1, -0.05) is 0 Å². The van der Waals surface area contributed by atoms with E-state index in [-0.39, 0.29) is 34.1 Å². The van der Waals surface area contributed by atoms with Crippen molar-refractivity contribution in [3.8, 4) is 22.8 Å². The van der Waals surface area contributed by atoms with Gasteiger partial charge in [0.05, 0.1) is 30.7 Å². The van der Waals surface area contributed by atoms with Crippen molar-refractivity contribution < 1.29 is 31.1 Å². The predicted octanol–water partition coefficient (Wildman–Crippen LogP) is 3.36. The van der Waals surface area contributed by atoms with Gasteiger partial charge < -0.3 is 20.3 Å². The number of rotatable bonds is 7. The van der Waals surface area contributed by atoms with Crippen LogP contribution in [0, 0.1) is 5.82 Å². The molecule has 1 unspecified atom stereocenters. The normalized spacial score (nSPS) is 15.9. The summed E-state index contributed by atoms with van der Waals surface area (Å²) in [4.78, 5) is 27.1. The van der Waals surface area contributed by atoms with Gasteiger partial charge in [-0.3, -0.25) is 0 Å². The molecule has 0 radical (unpaired) electrons. The molecule has 1 saturated heterocycles. The summed E-state index contributed by atoms with van der Waals surface area (Å²) >= 11 is 0. The summed E-state index contributed by atoms with van der Waals surface area (Å²) in [5.41, 5.74) is 0.820. The van der Waals surface area contributed by atoms with E-state index in [1.807, 2.05) is 17.1 Å². The van der Waals surface area contributed by atoms with Gasteiger partial charge in [0.25, 0.3) is 6.43 Å². The Kier molecular flexibility index (Phi) is 8.11. The van der Waals surface area contributed by atoms with Crippen LogP contribution in [0.1, 0.15) is 6.92 Å². The topological polar surface area (TPSA) is 126 Å². The highest BCUT2D eigenvalue weighted by molar-refractivity contribution is 7.90. The molecule has 0 saturated carbocycles. The lowest BCUT2D eigenvalue weighted by Gasteiger charge is -2.33. The molecule has 2 amide bonds. The molecule has 0 bridgehead atoms. The number of hydrogen-bond donors (Lipinski definition) is 2. The lowest BCUT2D eigenvalue weighted by atomic mass is 10.1. The molecule has 0 spiro atoms. The van der Waals surface area contributed by atoms with Gasteiger partial charge in [-0.05, 0) is 49.4 Å². The highest BCUT2D eigenvalue weighted by Crippen LogP contribution is 2.30. The molecule has 1 fully saturated rings. The summed E-state index contributed by atoms with van der Waals surface area (Å²) in [7, 11) is -3.75. The van der Waals surface area contributed by atoms with Crippen LogP contribution < -0.4 is 15.5 Å². The maximum Gasteiger partial charge on any atom is 0.319 e. The van der Waals surface area contributed by atoms with Crippen LogP contribution in [0.3, 0.4) is 0 Å². The molecule has 4 rings (SSSR count). The Bertz CT molecular complexity index is 1420. The van der Waals surface area contributed by atoms with E-state index >= 15 is 0 Å². The number of hydrogen-bond acceptors (Lipinski definition) is 8. The number of carbonyl (C=O) groups is 1. The van der Waals surface area contributed by atoms with Crippen LogP contribution in [0.5, 0.6) is 0 Å². The Morgan fingerprint density at radius 3 is 2.50 bits per heavy atom. The fraction of sp³-hybridized carbons (Fsp3) is 0.333. The van der Waals surface area contributed by atoms with Crippen molar-refractivity contribution in [1.82, 2.24) is 20.3 Å². The molecule has 38 heavy (non-hydrogen) atoms. The average molecular weight is 551 g/mol. The SMILES string of the molecule is CC1COCCN1c1nc(-c2ccc(NC(=O)NCC(F)F)cc2)nc(-c2cc(F)ccc2S(C)(=O)=O)n1. The van der Waals surface area contributed by atoms with Gasteiger partial charge in [0, 0.05) is 29.6 Å². The van der Waals surface area contributed by atoms with E-state index in [2.05, 4.69) is 20.3 Å². The molecular weight excluding hydrogens is 525 g/mol. The van der Waals surface area contributed by atoms with Crippen LogP contribution in [0.2, 0.25) is 0 Å². The summed E-state index contributed by atoms with van der Waals surface area (Å²) in [6.45, 7) is 2.48. The highest BCUT2D eigenvalue weighted by Gasteiger charge is 2.25. The van der Waals surface area contributed by atoms with Gasteiger partial charge in [0.1, 0.15) is 5.82 Å². The highest BCUT2D eigenvalue weighted by atomic mass is 32.2. The summed E-state index contributed by atoms with van der Waals surface area (Å²) in [5.74, 6) is -0.243. The van der Waals surface area contributed by atoms with Crippen molar-refractivity contribution in [3.05, 3.63) is 48.3 Å². The second kappa shape index (κ2) is 11.3. The van der Waals surface area contributed by atoms with Crippen LogP contribution in [-0.4, -0.2) is 74.4 Å². The Balaban J connectivity index is 1.75. The predicted molar refractivity (Wildman–Crippen MR) is 134 cm³/mol. The number of aromatic nitrogens is 3. The minimum atomic E-state index is -3.75. The first-order chi connectivity index (χ1) is 18.0. The Labute approximate surface area is 217 Å². The summed E-state index contributed by atoms with van der Waals surface area (Å²) < 4.78 is 69.2. The number of alkyl halides is 2. The van der Waals surface area contributed by atoms with E-state index in [1.54, 1.807) is 12.1 Å². The first kappa shape index (κ1) is 27.3. The van der Waals surface area contributed by atoms with Gasteiger partial charge in [-0.2, -0.15) is 9.97 Å². The second-order valence-electron chi connectivity index (χ2n) is 8.62. The lowest BCUT2D eigenvalue weighted by molar-refractivity contribution is 0.0981.